The van der Waals surface area contributed by atoms with Crippen LogP contribution in [0.15, 0.2) is 54.6 Å². The largest absolute Gasteiger partial charge is 0.416 e. The summed E-state index contributed by atoms with van der Waals surface area (Å²) < 4.78 is 38.5. The topological polar surface area (TPSA) is 78.7 Å². The fourth-order valence-corrected chi connectivity index (χ4v) is 3.48. The van der Waals surface area contributed by atoms with Crippen LogP contribution in [0.2, 0.25) is 0 Å². The molecule has 0 saturated carbocycles. The second kappa shape index (κ2) is 9.27. The zero-order chi connectivity index (χ0) is 21.7. The highest BCUT2D eigenvalue weighted by Gasteiger charge is 2.33. The minimum atomic E-state index is -4.49. The predicted octanol–water partition coefficient (Wildman–Crippen LogP) is 2.32. The molecule has 1 heterocycles. The number of hydrogen-bond donors (Lipinski definition) is 2. The molecule has 160 valence electrons. The predicted molar refractivity (Wildman–Crippen MR) is 106 cm³/mol. The summed E-state index contributed by atoms with van der Waals surface area (Å²) >= 11 is 0. The number of nitrogens with one attached hydrogen (secondary N) is 1. The Kier molecular flexibility index (Phi) is 6.73. The van der Waals surface area contributed by atoms with Crippen LogP contribution in [-0.2, 0) is 22.3 Å². The van der Waals surface area contributed by atoms with Gasteiger partial charge in [-0.05, 0) is 23.8 Å². The molecule has 1 atom stereocenters. The maximum atomic E-state index is 12.8. The summed E-state index contributed by atoms with van der Waals surface area (Å²) in [7, 11) is 0. The second-order valence-electron chi connectivity index (χ2n) is 7.24. The van der Waals surface area contributed by atoms with Crippen molar-refractivity contribution in [1.29, 1.82) is 0 Å². The Balaban J connectivity index is 1.60. The minimum Gasteiger partial charge on any atom is -0.368 e. The molecule has 2 aromatic rings. The molecular weight excluding hydrogens is 397 g/mol. The van der Waals surface area contributed by atoms with Gasteiger partial charge >= 0.3 is 6.18 Å². The van der Waals surface area contributed by atoms with E-state index >= 15 is 0 Å². The van der Waals surface area contributed by atoms with Crippen molar-refractivity contribution in [3.63, 3.8) is 0 Å². The van der Waals surface area contributed by atoms with Gasteiger partial charge in [0, 0.05) is 31.9 Å². The van der Waals surface area contributed by atoms with E-state index in [1.54, 1.807) is 4.90 Å². The number of alkyl halides is 3. The average molecular weight is 420 g/mol. The Morgan fingerprint density at radius 2 is 1.80 bits per heavy atom. The van der Waals surface area contributed by atoms with Gasteiger partial charge in [0.1, 0.15) is 6.04 Å². The zero-order valence-corrected chi connectivity index (χ0v) is 16.2. The number of nitrogens with zero attached hydrogens (tertiary/aromatic N) is 2. The molecule has 9 heteroatoms. The molecule has 0 radical (unpaired) electrons. The Bertz CT molecular complexity index is 889. The van der Waals surface area contributed by atoms with Crippen molar-refractivity contribution in [3.8, 4) is 0 Å². The number of halogens is 3. The number of nitrogens with two attached hydrogens (primary N) is 1. The standard InChI is InChI=1S/C21H23F3N4O2/c22-21(23,24)16-7-4-8-17(11-16)26-19(29)14-28-10-9-27(13-18(28)20(25)30)12-15-5-2-1-3-6-15/h1-8,11,18H,9-10,12-14H2,(H2,25,30)(H,26,29)/t18-/m1/s1. The molecule has 0 aliphatic carbocycles. The molecule has 3 rings (SSSR count). The Hall–Kier alpha value is -2.91. The lowest BCUT2D eigenvalue weighted by atomic mass is 10.1. The third-order valence-corrected chi connectivity index (χ3v) is 4.97. The highest BCUT2D eigenvalue weighted by atomic mass is 19.4. The number of benzene rings is 2. The highest BCUT2D eigenvalue weighted by Crippen LogP contribution is 2.30. The number of carbonyl (C=O) groups excluding carboxylic acids is 2. The van der Waals surface area contributed by atoms with Crippen LogP contribution in [0, 0.1) is 0 Å². The van der Waals surface area contributed by atoms with Gasteiger partial charge in [0.2, 0.25) is 11.8 Å². The molecule has 30 heavy (non-hydrogen) atoms. The van der Waals surface area contributed by atoms with E-state index in [2.05, 4.69) is 10.2 Å². The Morgan fingerprint density at radius 1 is 1.07 bits per heavy atom. The van der Waals surface area contributed by atoms with Crippen LogP contribution in [-0.4, -0.2) is 53.8 Å². The van der Waals surface area contributed by atoms with Gasteiger partial charge in [0.05, 0.1) is 12.1 Å². The summed E-state index contributed by atoms with van der Waals surface area (Å²) in [4.78, 5) is 28.1. The van der Waals surface area contributed by atoms with Gasteiger partial charge in [-0.3, -0.25) is 19.4 Å². The van der Waals surface area contributed by atoms with Crippen molar-refractivity contribution in [1.82, 2.24) is 9.80 Å². The number of anilines is 1. The van der Waals surface area contributed by atoms with Gasteiger partial charge < -0.3 is 11.1 Å². The van der Waals surface area contributed by atoms with Crippen LogP contribution in [0.1, 0.15) is 11.1 Å². The summed E-state index contributed by atoms with van der Waals surface area (Å²) in [5.74, 6) is -1.04. The first-order valence-electron chi connectivity index (χ1n) is 9.49. The van der Waals surface area contributed by atoms with E-state index < -0.39 is 29.6 Å². The van der Waals surface area contributed by atoms with Crippen molar-refractivity contribution in [2.45, 2.75) is 18.8 Å². The molecule has 1 aliphatic rings. The molecule has 3 N–H and O–H groups in total. The number of carbonyl (C=O) groups is 2. The smallest absolute Gasteiger partial charge is 0.368 e. The number of piperazine rings is 1. The third kappa shape index (κ3) is 5.80. The van der Waals surface area contributed by atoms with E-state index in [1.807, 2.05) is 30.3 Å². The van der Waals surface area contributed by atoms with E-state index in [9.17, 15) is 22.8 Å². The van der Waals surface area contributed by atoms with Gasteiger partial charge in [0.15, 0.2) is 0 Å². The molecule has 1 saturated heterocycles. The van der Waals surface area contributed by atoms with Crippen LogP contribution in [0.4, 0.5) is 18.9 Å². The molecule has 0 unspecified atom stereocenters. The lowest BCUT2D eigenvalue weighted by Gasteiger charge is -2.39. The molecule has 0 aromatic heterocycles. The summed E-state index contributed by atoms with van der Waals surface area (Å²) in [6.07, 6.45) is -4.49. The van der Waals surface area contributed by atoms with Crippen molar-refractivity contribution >= 4 is 17.5 Å². The van der Waals surface area contributed by atoms with Gasteiger partial charge in [-0.15, -0.1) is 0 Å². The van der Waals surface area contributed by atoms with Gasteiger partial charge in [-0.2, -0.15) is 13.2 Å². The van der Waals surface area contributed by atoms with Crippen LogP contribution in [0.5, 0.6) is 0 Å². The number of amides is 2. The van der Waals surface area contributed by atoms with Crippen molar-refractivity contribution in [3.05, 3.63) is 65.7 Å². The van der Waals surface area contributed by atoms with Crippen LogP contribution >= 0.6 is 0 Å². The highest BCUT2D eigenvalue weighted by molar-refractivity contribution is 5.93. The summed E-state index contributed by atoms with van der Waals surface area (Å²) in [5, 5.41) is 2.47. The van der Waals surface area contributed by atoms with E-state index in [0.717, 1.165) is 17.7 Å². The molecule has 1 fully saturated rings. The van der Waals surface area contributed by atoms with E-state index in [-0.39, 0.29) is 12.2 Å². The fourth-order valence-electron chi connectivity index (χ4n) is 3.48. The quantitative estimate of drug-likeness (QED) is 0.752. The van der Waals surface area contributed by atoms with Gasteiger partial charge in [0.25, 0.3) is 0 Å². The monoisotopic (exact) mass is 420 g/mol. The SMILES string of the molecule is NC(=O)[C@H]1CN(Cc2ccccc2)CCN1CC(=O)Nc1cccc(C(F)(F)F)c1. The molecular formula is C21H23F3N4O2. The van der Waals surface area contributed by atoms with E-state index in [4.69, 9.17) is 5.73 Å². The van der Waals surface area contributed by atoms with Crippen LogP contribution < -0.4 is 11.1 Å². The fraction of sp³-hybridized carbons (Fsp3) is 0.333. The first-order chi connectivity index (χ1) is 14.2. The number of primary amides is 1. The van der Waals surface area contributed by atoms with Crippen LogP contribution in [0.25, 0.3) is 0 Å². The first kappa shape index (κ1) is 21.8. The Morgan fingerprint density at radius 3 is 2.47 bits per heavy atom. The number of hydrogen-bond acceptors (Lipinski definition) is 4. The molecule has 0 spiro atoms. The maximum absolute atomic E-state index is 12.8. The minimum absolute atomic E-state index is 0.0492. The average Bonchev–Trinajstić information content (AvgIpc) is 2.69. The van der Waals surface area contributed by atoms with Crippen LogP contribution in [0.3, 0.4) is 0 Å². The molecule has 6 nitrogen and oxygen atoms in total. The van der Waals surface area contributed by atoms with Crippen molar-refractivity contribution in [2.24, 2.45) is 5.73 Å². The van der Waals surface area contributed by atoms with Gasteiger partial charge in [-0.1, -0.05) is 36.4 Å². The third-order valence-electron chi connectivity index (χ3n) is 4.97. The second-order valence-corrected chi connectivity index (χ2v) is 7.24. The Labute approximate surface area is 172 Å². The summed E-state index contributed by atoms with van der Waals surface area (Å²) in [5.41, 5.74) is 5.86. The lowest BCUT2D eigenvalue weighted by molar-refractivity contribution is -0.137. The summed E-state index contributed by atoms with van der Waals surface area (Å²) in [6.45, 7) is 1.98. The molecule has 2 amide bonds. The maximum Gasteiger partial charge on any atom is 0.416 e. The number of rotatable bonds is 6. The van der Waals surface area contributed by atoms with Crippen molar-refractivity contribution < 1.29 is 22.8 Å². The van der Waals surface area contributed by atoms with E-state index in [0.29, 0.717) is 26.2 Å². The first-order valence-corrected chi connectivity index (χ1v) is 9.49. The molecule has 2 aromatic carbocycles. The molecule has 1 aliphatic heterocycles. The van der Waals surface area contributed by atoms with Crippen molar-refractivity contribution in [2.75, 3.05) is 31.5 Å². The zero-order valence-electron chi connectivity index (χ0n) is 16.2. The summed E-state index contributed by atoms with van der Waals surface area (Å²) in [6, 6.07) is 13.6. The lowest BCUT2D eigenvalue weighted by Crippen LogP contribution is -2.59. The normalized spacial score (nSPS) is 18.2. The van der Waals surface area contributed by atoms with E-state index in [1.165, 1.54) is 12.1 Å². The molecule has 0 bridgehead atoms. The van der Waals surface area contributed by atoms with Gasteiger partial charge in [-0.25, -0.2) is 0 Å².